The van der Waals surface area contributed by atoms with Crippen molar-refractivity contribution in [2.45, 2.75) is 58.1 Å². The summed E-state index contributed by atoms with van der Waals surface area (Å²) in [7, 11) is 3.46. The molecule has 0 aliphatic heterocycles. The number of fused-ring (bicyclic) bond motifs is 1. The summed E-state index contributed by atoms with van der Waals surface area (Å²) in [5, 5.41) is 23.8. The van der Waals surface area contributed by atoms with E-state index in [4.69, 9.17) is 4.84 Å². The second-order valence-electron chi connectivity index (χ2n) is 10.5. The Balaban J connectivity index is 1.66. The maximum atomic E-state index is 13.5. The molecule has 38 heavy (non-hydrogen) atoms. The number of nitrogens with zero attached hydrogens (tertiary/aromatic N) is 7. The van der Waals surface area contributed by atoms with Gasteiger partial charge in [0.25, 0.3) is 5.56 Å². The van der Waals surface area contributed by atoms with Crippen molar-refractivity contribution in [2.24, 2.45) is 18.1 Å². The minimum atomic E-state index is -0.558. The average molecular weight is 516 g/mol. The van der Waals surface area contributed by atoms with Gasteiger partial charge >= 0.3 is 0 Å². The average Bonchev–Trinajstić information content (AvgIpc) is 2.90. The van der Waals surface area contributed by atoms with Crippen LogP contribution in [0, 0.1) is 34.5 Å². The number of halogens is 1. The van der Waals surface area contributed by atoms with Crippen LogP contribution in [-0.4, -0.2) is 38.9 Å². The van der Waals surface area contributed by atoms with Crippen LogP contribution in [0.1, 0.15) is 63.3 Å². The molecular formula is C28H30FN7O2. The lowest BCUT2D eigenvalue weighted by molar-refractivity contribution is -0.0000352. The van der Waals surface area contributed by atoms with Gasteiger partial charge in [-0.15, -0.1) is 0 Å². The van der Waals surface area contributed by atoms with Crippen LogP contribution in [0.2, 0.25) is 0 Å². The zero-order valence-corrected chi connectivity index (χ0v) is 22.2. The highest BCUT2D eigenvalue weighted by Crippen LogP contribution is 2.35. The molecule has 0 radical (unpaired) electrons. The molecular weight excluding hydrogens is 485 g/mol. The SMILES string of the molecule is CN(c1c(C#N)c(=O)n(C)c2ccc(C#N)nc12)C1CCC(/C(=N\OC(C)(C)C)c2ccc(F)nc2)CC1. The van der Waals surface area contributed by atoms with Gasteiger partial charge < -0.3 is 14.3 Å². The van der Waals surface area contributed by atoms with Gasteiger partial charge in [0.05, 0.1) is 16.9 Å². The van der Waals surface area contributed by atoms with E-state index in [9.17, 15) is 19.7 Å². The molecule has 196 valence electrons. The Morgan fingerprint density at radius 2 is 1.87 bits per heavy atom. The number of pyridine rings is 3. The van der Waals surface area contributed by atoms with Crippen molar-refractivity contribution in [3.05, 3.63) is 63.6 Å². The second kappa shape index (κ2) is 10.6. The highest BCUT2D eigenvalue weighted by Gasteiger charge is 2.31. The third-order valence-corrected chi connectivity index (χ3v) is 6.87. The van der Waals surface area contributed by atoms with E-state index in [2.05, 4.69) is 21.2 Å². The number of anilines is 1. The summed E-state index contributed by atoms with van der Waals surface area (Å²) in [5.74, 6) is -0.494. The van der Waals surface area contributed by atoms with E-state index >= 15 is 0 Å². The van der Waals surface area contributed by atoms with E-state index in [1.807, 2.05) is 38.8 Å². The first-order chi connectivity index (χ1) is 18.0. The predicted molar refractivity (Wildman–Crippen MR) is 142 cm³/mol. The summed E-state index contributed by atoms with van der Waals surface area (Å²) in [4.78, 5) is 29.0. The van der Waals surface area contributed by atoms with E-state index in [0.717, 1.165) is 31.4 Å². The Morgan fingerprint density at radius 3 is 2.45 bits per heavy atom. The van der Waals surface area contributed by atoms with Crippen LogP contribution in [-0.2, 0) is 11.9 Å². The predicted octanol–water partition coefficient (Wildman–Crippen LogP) is 4.43. The van der Waals surface area contributed by atoms with Crippen molar-refractivity contribution >= 4 is 22.4 Å². The standard InChI is InChI=1S/C28H30FN7O2/c1-28(2,3)38-34-24(18-8-13-23(29)32-16-18)17-6-10-20(11-7-17)35(4)26-21(15-31)27(37)36(5)22-12-9-19(14-30)33-25(22)26/h8-9,12-13,16-17,20H,6-7,10-11H2,1-5H3/b34-24+. The molecule has 10 heteroatoms. The highest BCUT2D eigenvalue weighted by molar-refractivity contribution is 6.01. The Bertz CT molecular complexity index is 1520. The third-order valence-electron chi connectivity index (χ3n) is 6.87. The van der Waals surface area contributed by atoms with Gasteiger partial charge in [-0.25, -0.2) is 9.97 Å². The molecule has 3 aromatic rings. The molecule has 0 bridgehead atoms. The van der Waals surface area contributed by atoms with Gasteiger partial charge in [-0.1, -0.05) is 5.16 Å². The van der Waals surface area contributed by atoms with Gasteiger partial charge in [-0.05, 0) is 70.7 Å². The van der Waals surface area contributed by atoms with Gasteiger partial charge in [0, 0.05) is 37.8 Å². The molecule has 0 spiro atoms. The van der Waals surface area contributed by atoms with Crippen LogP contribution >= 0.6 is 0 Å². The fraction of sp³-hybridized carbons (Fsp3) is 0.429. The maximum absolute atomic E-state index is 13.5. The molecule has 0 N–H and O–H groups in total. The van der Waals surface area contributed by atoms with E-state index in [1.165, 1.54) is 16.8 Å². The fourth-order valence-corrected chi connectivity index (χ4v) is 4.90. The summed E-state index contributed by atoms with van der Waals surface area (Å²) in [6.07, 6.45) is 4.51. The van der Waals surface area contributed by atoms with Gasteiger partial charge in [-0.3, -0.25) is 4.79 Å². The summed E-state index contributed by atoms with van der Waals surface area (Å²) < 4.78 is 14.9. The topological polar surface area (TPSA) is 120 Å². The summed E-state index contributed by atoms with van der Waals surface area (Å²) in [6, 6.07) is 10.4. The molecule has 9 nitrogen and oxygen atoms in total. The van der Waals surface area contributed by atoms with E-state index in [0.29, 0.717) is 22.3 Å². The molecule has 0 amide bonds. The van der Waals surface area contributed by atoms with Crippen LogP contribution in [0.25, 0.3) is 11.0 Å². The zero-order valence-electron chi connectivity index (χ0n) is 22.2. The first-order valence-corrected chi connectivity index (χ1v) is 12.5. The molecule has 1 aliphatic carbocycles. The molecule has 0 saturated heterocycles. The van der Waals surface area contributed by atoms with Crippen molar-refractivity contribution < 1.29 is 9.23 Å². The third kappa shape index (κ3) is 5.35. The number of rotatable bonds is 5. The lowest BCUT2D eigenvalue weighted by Gasteiger charge is -2.37. The summed E-state index contributed by atoms with van der Waals surface area (Å²) in [6.45, 7) is 5.74. The first-order valence-electron chi connectivity index (χ1n) is 12.5. The Kier molecular flexibility index (Phi) is 7.45. The molecule has 3 heterocycles. The van der Waals surface area contributed by atoms with Gasteiger partial charge in [0.1, 0.15) is 34.5 Å². The quantitative estimate of drug-likeness (QED) is 0.280. The maximum Gasteiger partial charge on any atom is 0.270 e. The lowest BCUT2D eigenvalue weighted by atomic mass is 9.80. The van der Waals surface area contributed by atoms with Crippen LogP contribution in [0.5, 0.6) is 0 Å². The number of nitriles is 2. The van der Waals surface area contributed by atoms with Crippen LogP contribution < -0.4 is 10.5 Å². The second-order valence-corrected chi connectivity index (χ2v) is 10.5. The first kappa shape index (κ1) is 26.7. The Hall–Kier alpha value is -4.31. The molecule has 1 aliphatic rings. The summed E-state index contributed by atoms with van der Waals surface area (Å²) >= 11 is 0. The zero-order chi connectivity index (χ0) is 27.6. The Morgan fingerprint density at radius 1 is 1.16 bits per heavy atom. The van der Waals surface area contributed by atoms with Gasteiger partial charge in [0.15, 0.2) is 0 Å². The smallest absolute Gasteiger partial charge is 0.270 e. The number of aromatic nitrogens is 3. The minimum Gasteiger partial charge on any atom is -0.390 e. The van der Waals surface area contributed by atoms with Crippen molar-refractivity contribution in [3.63, 3.8) is 0 Å². The van der Waals surface area contributed by atoms with Crippen LogP contribution in [0.15, 0.2) is 40.4 Å². The molecule has 0 aromatic carbocycles. The van der Waals surface area contributed by atoms with Crippen LogP contribution in [0.4, 0.5) is 10.1 Å². The Labute approximate surface area is 220 Å². The molecule has 4 rings (SSSR count). The lowest BCUT2D eigenvalue weighted by Crippen LogP contribution is -2.39. The molecule has 3 aromatic heterocycles. The number of oxime groups is 1. The number of hydrogen-bond donors (Lipinski definition) is 0. The van der Waals surface area contributed by atoms with E-state index in [1.54, 1.807) is 25.2 Å². The van der Waals surface area contributed by atoms with E-state index < -0.39 is 17.1 Å². The van der Waals surface area contributed by atoms with E-state index in [-0.39, 0.29) is 23.2 Å². The molecule has 1 saturated carbocycles. The van der Waals surface area contributed by atoms with Crippen molar-refractivity contribution in [1.29, 1.82) is 10.5 Å². The largest absolute Gasteiger partial charge is 0.390 e. The van der Waals surface area contributed by atoms with Crippen LogP contribution in [0.3, 0.4) is 0 Å². The fourth-order valence-electron chi connectivity index (χ4n) is 4.90. The number of aryl methyl sites for hydroxylation is 1. The van der Waals surface area contributed by atoms with Crippen molar-refractivity contribution in [1.82, 2.24) is 14.5 Å². The van der Waals surface area contributed by atoms with Crippen molar-refractivity contribution in [2.75, 3.05) is 11.9 Å². The number of hydrogen-bond acceptors (Lipinski definition) is 8. The molecule has 0 unspecified atom stereocenters. The minimum absolute atomic E-state index is 0.00503. The highest BCUT2D eigenvalue weighted by atomic mass is 19.1. The summed E-state index contributed by atoms with van der Waals surface area (Å²) in [5.41, 5.74) is 2.22. The normalized spacial score (nSPS) is 18.1. The monoisotopic (exact) mass is 515 g/mol. The van der Waals surface area contributed by atoms with Gasteiger partial charge in [-0.2, -0.15) is 14.9 Å². The molecule has 1 fully saturated rings. The molecule has 0 atom stereocenters. The van der Waals surface area contributed by atoms with Crippen molar-refractivity contribution in [3.8, 4) is 12.1 Å². The van der Waals surface area contributed by atoms with Gasteiger partial charge in [0.2, 0.25) is 5.95 Å².